The lowest BCUT2D eigenvalue weighted by Gasteiger charge is -2.20. The van der Waals surface area contributed by atoms with E-state index < -0.39 is 27.4 Å². The van der Waals surface area contributed by atoms with Crippen LogP contribution >= 0.6 is 11.6 Å². The van der Waals surface area contributed by atoms with Crippen molar-refractivity contribution in [2.45, 2.75) is 24.5 Å². The number of nitrogens with zero attached hydrogens (tertiary/aromatic N) is 2. The number of aromatic amines is 1. The predicted octanol–water partition coefficient (Wildman–Crippen LogP) is 2.20. The molecule has 1 aromatic carbocycles. The molecule has 0 aliphatic heterocycles. The number of aliphatic hydroxyl groups is 1. The lowest BCUT2D eigenvalue weighted by molar-refractivity contribution is -0.0762. The third-order valence-electron chi connectivity index (χ3n) is 4.58. The quantitative estimate of drug-likeness (QED) is 0.464. The van der Waals surface area contributed by atoms with Crippen LogP contribution in [0.1, 0.15) is 29.5 Å². The second kappa shape index (κ2) is 8.68. The first-order valence-electron chi connectivity index (χ1n) is 8.92. The largest absolute Gasteiger partial charge is 0.366 e. The molecule has 160 valence electrons. The topological polar surface area (TPSA) is 134 Å². The molecule has 11 heteroatoms. The maximum absolute atomic E-state index is 12.5. The van der Waals surface area contributed by atoms with Gasteiger partial charge < -0.3 is 20.1 Å². The molecule has 0 saturated carbocycles. The third-order valence-corrected chi connectivity index (χ3v) is 6.21. The summed E-state index contributed by atoms with van der Waals surface area (Å²) < 4.78 is 29.0. The number of methoxy groups -OCH3 is 1. The summed E-state index contributed by atoms with van der Waals surface area (Å²) in [6, 6.07) is 7.75. The fourth-order valence-electron chi connectivity index (χ4n) is 3.09. The highest BCUT2D eigenvalue weighted by atomic mass is 35.5. The minimum Gasteiger partial charge on any atom is -0.366 e. The smallest absolute Gasteiger partial charge is 0.253 e. The van der Waals surface area contributed by atoms with E-state index in [1.54, 1.807) is 31.2 Å². The lowest BCUT2D eigenvalue weighted by Crippen LogP contribution is -2.28. The van der Waals surface area contributed by atoms with Gasteiger partial charge in [-0.25, -0.2) is 18.4 Å². The summed E-state index contributed by atoms with van der Waals surface area (Å²) in [7, 11) is -2.52. The van der Waals surface area contributed by atoms with E-state index in [1.807, 2.05) is 0 Å². The molecule has 0 spiro atoms. The van der Waals surface area contributed by atoms with Crippen molar-refractivity contribution in [1.29, 1.82) is 0 Å². The summed E-state index contributed by atoms with van der Waals surface area (Å²) in [5.41, 5.74) is 0.860. The molecule has 2 heterocycles. The maximum Gasteiger partial charge on any atom is 0.253 e. The zero-order valence-corrected chi connectivity index (χ0v) is 18.0. The minimum absolute atomic E-state index is 0.0655. The molecular weight excluding hydrogens is 432 g/mol. The standard InChI is InChI=1S/C19H21ClN4O5S/c1-10(13-9-11-8-12(20)4-5-14(11)23-17(13)25)22-19-21-7-6-15(24-19)16(18(26)29-2)30(3,27)28/h4-10,16,18,26H,1-3H3,(H,23,25)(H,21,22,24)/t10-,16?,18?/m0/s1. The van der Waals surface area contributed by atoms with Crippen molar-refractivity contribution in [1.82, 2.24) is 15.0 Å². The fraction of sp³-hybridized carbons (Fsp3) is 0.316. The summed E-state index contributed by atoms with van der Waals surface area (Å²) >= 11 is 6.03. The third kappa shape index (κ3) is 4.78. The average Bonchev–Trinajstić information content (AvgIpc) is 2.67. The number of ether oxygens (including phenoxy) is 1. The van der Waals surface area contributed by atoms with Gasteiger partial charge >= 0.3 is 0 Å². The Morgan fingerprint density at radius 3 is 2.67 bits per heavy atom. The number of pyridine rings is 1. The number of sulfone groups is 1. The molecule has 0 fully saturated rings. The van der Waals surface area contributed by atoms with Crippen LogP contribution in [0.25, 0.3) is 10.9 Å². The van der Waals surface area contributed by atoms with Gasteiger partial charge in [-0.15, -0.1) is 0 Å². The van der Waals surface area contributed by atoms with Gasteiger partial charge in [0.25, 0.3) is 5.56 Å². The van der Waals surface area contributed by atoms with E-state index in [4.69, 9.17) is 16.3 Å². The Morgan fingerprint density at radius 1 is 1.27 bits per heavy atom. The Labute approximate surface area is 178 Å². The molecule has 0 radical (unpaired) electrons. The van der Waals surface area contributed by atoms with Crippen LogP contribution in [-0.2, 0) is 14.6 Å². The van der Waals surface area contributed by atoms with E-state index in [9.17, 15) is 18.3 Å². The molecule has 2 unspecified atom stereocenters. The highest BCUT2D eigenvalue weighted by Crippen LogP contribution is 2.26. The van der Waals surface area contributed by atoms with Gasteiger partial charge in [-0.1, -0.05) is 11.6 Å². The SMILES string of the molecule is COC(O)C(c1ccnc(N[C@@H](C)c2cc3cc(Cl)ccc3[nH]c2=O)n1)S(C)(=O)=O. The fourth-order valence-corrected chi connectivity index (χ4v) is 4.37. The van der Waals surface area contributed by atoms with E-state index in [2.05, 4.69) is 20.3 Å². The monoisotopic (exact) mass is 452 g/mol. The van der Waals surface area contributed by atoms with Crippen molar-refractivity contribution in [2.75, 3.05) is 18.7 Å². The van der Waals surface area contributed by atoms with Crippen molar-refractivity contribution in [3.63, 3.8) is 0 Å². The Morgan fingerprint density at radius 2 is 2.00 bits per heavy atom. The van der Waals surface area contributed by atoms with Crippen LogP contribution in [0.2, 0.25) is 5.02 Å². The van der Waals surface area contributed by atoms with Gasteiger partial charge in [-0.3, -0.25) is 4.79 Å². The van der Waals surface area contributed by atoms with Gasteiger partial charge in [0, 0.05) is 41.1 Å². The zero-order chi connectivity index (χ0) is 22.1. The molecule has 0 aliphatic carbocycles. The van der Waals surface area contributed by atoms with Crippen LogP contribution in [0, 0.1) is 0 Å². The molecule has 0 amide bonds. The van der Waals surface area contributed by atoms with E-state index in [1.165, 1.54) is 19.4 Å². The summed E-state index contributed by atoms with van der Waals surface area (Å²) in [6.45, 7) is 1.75. The number of aliphatic hydroxyl groups excluding tert-OH is 1. The zero-order valence-electron chi connectivity index (χ0n) is 16.5. The van der Waals surface area contributed by atoms with Crippen molar-refractivity contribution in [3.05, 3.63) is 63.2 Å². The highest BCUT2D eigenvalue weighted by molar-refractivity contribution is 7.91. The molecule has 0 aliphatic rings. The van der Waals surface area contributed by atoms with Crippen molar-refractivity contribution < 1.29 is 18.3 Å². The Hall–Kier alpha value is -2.53. The number of anilines is 1. The Kier molecular flexibility index (Phi) is 6.41. The number of H-pyrrole nitrogens is 1. The van der Waals surface area contributed by atoms with Crippen LogP contribution in [0.4, 0.5) is 5.95 Å². The van der Waals surface area contributed by atoms with Crippen LogP contribution in [-0.4, -0.2) is 48.1 Å². The Bertz CT molecular complexity index is 1230. The second-order valence-corrected chi connectivity index (χ2v) is 9.44. The van der Waals surface area contributed by atoms with Crippen molar-refractivity contribution in [3.8, 4) is 0 Å². The van der Waals surface area contributed by atoms with Crippen molar-refractivity contribution in [2.24, 2.45) is 0 Å². The van der Waals surface area contributed by atoms with Gasteiger partial charge in [-0.05, 0) is 37.3 Å². The first kappa shape index (κ1) is 22.2. The number of rotatable bonds is 7. The Balaban J connectivity index is 1.93. The molecule has 3 atom stereocenters. The first-order chi connectivity index (χ1) is 14.1. The van der Waals surface area contributed by atoms with Gasteiger partial charge in [0.15, 0.2) is 21.4 Å². The average molecular weight is 453 g/mol. The number of aromatic nitrogens is 3. The van der Waals surface area contributed by atoms with Crippen LogP contribution < -0.4 is 10.9 Å². The maximum atomic E-state index is 12.5. The molecule has 9 nitrogen and oxygen atoms in total. The normalized spacial score (nSPS) is 15.0. The van der Waals surface area contributed by atoms with Crippen molar-refractivity contribution >= 4 is 38.3 Å². The summed E-state index contributed by atoms with van der Waals surface area (Å²) in [4.78, 5) is 23.6. The van der Waals surface area contributed by atoms with Gasteiger partial charge in [0.2, 0.25) is 5.95 Å². The van der Waals surface area contributed by atoms with Gasteiger partial charge in [-0.2, -0.15) is 0 Å². The second-order valence-electron chi connectivity index (χ2n) is 6.83. The summed E-state index contributed by atoms with van der Waals surface area (Å²) in [6.07, 6.45) is 0.757. The molecule has 3 rings (SSSR count). The van der Waals surface area contributed by atoms with Crippen LogP contribution in [0.3, 0.4) is 0 Å². The molecule has 0 bridgehead atoms. The van der Waals surface area contributed by atoms with E-state index >= 15 is 0 Å². The summed E-state index contributed by atoms with van der Waals surface area (Å²) in [5.74, 6) is 0.0996. The molecule has 3 aromatic rings. The van der Waals surface area contributed by atoms with Crippen LogP contribution in [0.15, 0.2) is 41.3 Å². The van der Waals surface area contributed by atoms with Gasteiger partial charge in [0.05, 0.1) is 11.7 Å². The summed E-state index contributed by atoms with van der Waals surface area (Å²) in [5, 5.41) is 12.9. The lowest BCUT2D eigenvalue weighted by atomic mass is 10.1. The molecular formula is C19H21ClN4O5S. The first-order valence-corrected chi connectivity index (χ1v) is 11.2. The molecule has 0 saturated heterocycles. The van der Waals surface area contributed by atoms with E-state index in [-0.39, 0.29) is 17.2 Å². The number of hydrogen-bond donors (Lipinski definition) is 3. The number of hydrogen-bond acceptors (Lipinski definition) is 8. The number of nitrogens with one attached hydrogen (secondary N) is 2. The number of fused-ring (bicyclic) bond motifs is 1. The van der Waals surface area contributed by atoms with Gasteiger partial charge in [0.1, 0.15) is 0 Å². The number of benzene rings is 1. The van der Waals surface area contributed by atoms with Crippen LogP contribution in [0.5, 0.6) is 0 Å². The highest BCUT2D eigenvalue weighted by Gasteiger charge is 2.32. The molecule has 30 heavy (non-hydrogen) atoms. The molecule has 3 N–H and O–H groups in total. The minimum atomic E-state index is -3.72. The number of halogens is 1. The molecule has 2 aromatic heterocycles. The predicted molar refractivity (Wildman–Crippen MR) is 114 cm³/mol. The van der Waals surface area contributed by atoms with E-state index in [0.29, 0.717) is 16.1 Å². The van der Waals surface area contributed by atoms with E-state index in [0.717, 1.165) is 11.6 Å².